The highest BCUT2D eigenvalue weighted by molar-refractivity contribution is 6.05. The average Bonchev–Trinajstić information content (AvgIpc) is 3.42. The molecule has 210 valence electrons. The highest BCUT2D eigenvalue weighted by atomic mass is 16.1. The van der Waals surface area contributed by atoms with Gasteiger partial charge in [-0.3, -0.25) is 9.59 Å². The summed E-state index contributed by atoms with van der Waals surface area (Å²) in [6.07, 6.45) is 14.0. The van der Waals surface area contributed by atoms with Crippen LogP contribution in [0.5, 0.6) is 0 Å². The van der Waals surface area contributed by atoms with Crippen molar-refractivity contribution in [1.29, 1.82) is 0 Å². The molecule has 4 bridgehead atoms. The first-order chi connectivity index (χ1) is 18.9. The van der Waals surface area contributed by atoms with Gasteiger partial charge >= 0.3 is 0 Å². The number of rotatable bonds is 7. The molecule has 0 heterocycles. The van der Waals surface area contributed by atoms with Crippen molar-refractivity contribution in [1.82, 2.24) is 0 Å². The highest BCUT2D eigenvalue weighted by Crippen LogP contribution is 2.83. The van der Waals surface area contributed by atoms with Crippen molar-refractivity contribution in [2.24, 2.45) is 44.3 Å². The Kier molecular flexibility index (Phi) is 6.09. The van der Waals surface area contributed by atoms with Crippen LogP contribution >= 0.6 is 0 Å². The van der Waals surface area contributed by atoms with E-state index in [0.29, 0.717) is 24.4 Å². The summed E-state index contributed by atoms with van der Waals surface area (Å²) in [5, 5.41) is 0. The van der Waals surface area contributed by atoms with E-state index in [0.717, 1.165) is 36.8 Å². The van der Waals surface area contributed by atoms with Gasteiger partial charge in [-0.1, -0.05) is 127 Å². The smallest absolute Gasteiger partial charge is 0.147 e. The SMILES string of the molecule is CC1(C)[C@@H]2CC[C@@]1(C)C(=O)[C@@]2(C/C=C\c1ccccc1)[C@]1(C/C=C/c2ccccc2)C(=O)[C@@]2(C)CC[C@H]1C2(C)C. The number of benzene rings is 2. The minimum Gasteiger partial charge on any atom is -0.298 e. The minimum absolute atomic E-state index is 0.145. The Morgan fingerprint density at radius 3 is 1.25 bits per heavy atom. The number of fused-ring (bicyclic) bond motifs is 4. The maximum absolute atomic E-state index is 15.2. The highest BCUT2D eigenvalue weighted by Gasteiger charge is 2.85. The van der Waals surface area contributed by atoms with E-state index in [1.165, 1.54) is 0 Å². The molecule has 2 heteroatoms. The van der Waals surface area contributed by atoms with Crippen molar-refractivity contribution in [3.8, 4) is 0 Å². The Labute approximate surface area is 241 Å². The Hall–Kier alpha value is -2.74. The van der Waals surface area contributed by atoms with Gasteiger partial charge in [0.1, 0.15) is 11.6 Å². The third-order valence-corrected chi connectivity index (χ3v) is 13.4. The lowest BCUT2D eigenvalue weighted by Crippen LogP contribution is -2.59. The lowest BCUT2D eigenvalue weighted by Gasteiger charge is -2.55. The van der Waals surface area contributed by atoms with Gasteiger partial charge in [0, 0.05) is 21.7 Å². The molecular formula is C38H46O2. The van der Waals surface area contributed by atoms with Crippen LogP contribution < -0.4 is 0 Å². The maximum atomic E-state index is 15.2. The standard InChI is InChI=1S/C38H46O2/c1-33(2)29-21-25-35(33,5)31(39)37(29,23-13-19-27-15-9-7-10-16-27)38(24-14-20-28-17-11-8-12-18-28)30-22-26-36(6,32(38)40)34(30,3)4/h7-20,29-30H,21-26H2,1-6H3/b19-13-,20-14+/t29-,30-,35-,36+,37-,38-/m0/s1. The van der Waals surface area contributed by atoms with Gasteiger partial charge in [0.2, 0.25) is 0 Å². The fourth-order valence-electron chi connectivity index (χ4n) is 10.6. The van der Waals surface area contributed by atoms with Gasteiger partial charge in [-0.25, -0.2) is 0 Å². The number of carbonyl (C=O) groups excluding carboxylic acids is 2. The zero-order valence-corrected chi connectivity index (χ0v) is 25.3. The second-order valence-corrected chi connectivity index (χ2v) is 14.9. The zero-order valence-electron chi connectivity index (χ0n) is 25.3. The molecule has 0 radical (unpaired) electrons. The predicted molar refractivity (Wildman–Crippen MR) is 164 cm³/mol. The summed E-state index contributed by atoms with van der Waals surface area (Å²) in [6, 6.07) is 20.7. The second kappa shape index (κ2) is 8.88. The lowest BCUT2D eigenvalue weighted by atomic mass is 9.45. The molecular weight excluding hydrogens is 488 g/mol. The normalized spacial score (nSPS) is 39.2. The predicted octanol–water partition coefficient (Wildman–Crippen LogP) is 9.22. The molecule has 0 spiro atoms. The second-order valence-electron chi connectivity index (χ2n) is 14.9. The van der Waals surface area contributed by atoms with Crippen LogP contribution in [0.2, 0.25) is 0 Å². The molecule has 2 aromatic rings. The maximum Gasteiger partial charge on any atom is 0.147 e. The Balaban J connectivity index is 1.56. The summed E-state index contributed by atoms with van der Waals surface area (Å²) in [7, 11) is 0. The van der Waals surface area contributed by atoms with Crippen LogP contribution in [-0.4, -0.2) is 11.6 Å². The van der Waals surface area contributed by atoms with E-state index in [-0.39, 0.29) is 22.7 Å². The van der Waals surface area contributed by atoms with Gasteiger partial charge in [0.25, 0.3) is 0 Å². The fourth-order valence-corrected chi connectivity index (χ4v) is 10.6. The van der Waals surface area contributed by atoms with Gasteiger partial charge < -0.3 is 0 Å². The van der Waals surface area contributed by atoms with E-state index in [1.807, 2.05) is 12.1 Å². The number of allylic oxidation sites excluding steroid dienone is 2. The minimum atomic E-state index is -0.701. The number of carbonyl (C=O) groups is 2. The van der Waals surface area contributed by atoms with Crippen LogP contribution in [0.4, 0.5) is 0 Å². The Morgan fingerprint density at radius 1 is 0.600 bits per heavy atom. The van der Waals surface area contributed by atoms with Crippen molar-refractivity contribution in [3.63, 3.8) is 0 Å². The molecule has 0 aliphatic heterocycles. The molecule has 4 fully saturated rings. The van der Waals surface area contributed by atoms with Crippen molar-refractivity contribution < 1.29 is 9.59 Å². The molecule has 6 atom stereocenters. The summed E-state index contributed by atoms with van der Waals surface area (Å²) in [4.78, 5) is 30.4. The van der Waals surface area contributed by atoms with E-state index in [4.69, 9.17) is 0 Å². The molecule has 0 unspecified atom stereocenters. The van der Waals surface area contributed by atoms with Gasteiger partial charge in [0.05, 0.1) is 0 Å². The summed E-state index contributed by atoms with van der Waals surface area (Å²) in [5.74, 6) is 1.11. The van der Waals surface area contributed by atoms with Crippen LogP contribution in [-0.2, 0) is 9.59 Å². The lowest BCUT2D eigenvalue weighted by molar-refractivity contribution is -0.163. The van der Waals surface area contributed by atoms with E-state index in [2.05, 4.69) is 114 Å². The summed E-state index contributed by atoms with van der Waals surface area (Å²) in [5.41, 5.74) is -0.211. The van der Waals surface area contributed by atoms with Crippen LogP contribution in [0.1, 0.15) is 91.2 Å². The summed E-state index contributed by atoms with van der Waals surface area (Å²) < 4.78 is 0. The van der Waals surface area contributed by atoms with Gasteiger partial charge in [0.15, 0.2) is 0 Å². The number of hydrogen-bond donors (Lipinski definition) is 0. The molecule has 4 aliphatic rings. The van der Waals surface area contributed by atoms with Gasteiger partial charge in [-0.15, -0.1) is 0 Å². The van der Waals surface area contributed by atoms with E-state index in [1.54, 1.807) is 0 Å². The third-order valence-electron chi connectivity index (χ3n) is 13.4. The Bertz CT molecular complexity index is 1270. The quantitative estimate of drug-likeness (QED) is 0.355. The molecule has 0 saturated heterocycles. The molecule has 2 aromatic carbocycles. The molecule has 4 saturated carbocycles. The first kappa shape index (κ1) is 27.4. The van der Waals surface area contributed by atoms with Crippen LogP contribution in [0, 0.1) is 44.3 Å². The molecule has 6 rings (SSSR count). The monoisotopic (exact) mass is 534 g/mol. The topological polar surface area (TPSA) is 34.1 Å². The van der Waals surface area contributed by atoms with Crippen molar-refractivity contribution in [2.75, 3.05) is 0 Å². The van der Waals surface area contributed by atoms with Gasteiger partial charge in [-0.2, -0.15) is 0 Å². The van der Waals surface area contributed by atoms with Crippen LogP contribution in [0.3, 0.4) is 0 Å². The van der Waals surface area contributed by atoms with E-state index >= 15 is 9.59 Å². The fraction of sp³-hybridized carbons (Fsp3) is 0.526. The van der Waals surface area contributed by atoms with Crippen LogP contribution in [0.15, 0.2) is 72.8 Å². The van der Waals surface area contributed by atoms with E-state index in [9.17, 15) is 0 Å². The van der Waals surface area contributed by atoms with Crippen molar-refractivity contribution >= 4 is 23.7 Å². The Morgan fingerprint density at radius 2 is 0.950 bits per heavy atom. The van der Waals surface area contributed by atoms with Crippen molar-refractivity contribution in [2.45, 2.75) is 80.1 Å². The largest absolute Gasteiger partial charge is 0.298 e. The first-order valence-electron chi connectivity index (χ1n) is 15.4. The number of hydrogen-bond acceptors (Lipinski definition) is 2. The molecule has 0 amide bonds. The summed E-state index contributed by atoms with van der Waals surface area (Å²) in [6.45, 7) is 13.7. The molecule has 0 aromatic heterocycles. The zero-order chi connectivity index (χ0) is 28.6. The van der Waals surface area contributed by atoms with Gasteiger partial charge in [-0.05, 0) is 72.3 Å². The molecule has 0 N–H and O–H groups in total. The van der Waals surface area contributed by atoms with E-state index < -0.39 is 21.7 Å². The molecule has 4 aliphatic carbocycles. The number of ketones is 2. The van der Waals surface area contributed by atoms with Crippen molar-refractivity contribution in [3.05, 3.63) is 83.9 Å². The molecule has 2 nitrogen and oxygen atoms in total. The van der Waals surface area contributed by atoms with Crippen LogP contribution in [0.25, 0.3) is 12.2 Å². The first-order valence-corrected chi connectivity index (χ1v) is 15.4. The molecule has 40 heavy (non-hydrogen) atoms. The third kappa shape index (κ3) is 3.17. The average molecular weight is 535 g/mol. The summed E-state index contributed by atoms with van der Waals surface area (Å²) >= 11 is 0. The number of Topliss-reactive ketones (excluding diaryl/α,β-unsaturated/α-hetero) is 2.